The van der Waals surface area contributed by atoms with Gasteiger partial charge in [-0.1, -0.05) is 44.5 Å². The fraction of sp³-hybridized carbons (Fsp3) is 0.478. The first kappa shape index (κ1) is 26.0. The van der Waals surface area contributed by atoms with Crippen molar-refractivity contribution in [2.45, 2.75) is 70.0 Å². The summed E-state index contributed by atoms with van der Waals surface area (Å²) < 4.78 is 27.5. The largest absolute Gasteiger partial charge is 0.349 e. The normalized spacial score (nSPS) is 12.9. The van der Waals surface area contributed by atoms with E-state index in [0.29, 0.717) is 12.8 Å². The molecular weight excluding hydrogens is 446 g/mol. The van der Waals surface area contributed by atoms with Crippen LogP contribution in [0.1, 0.15) is 51.8 Å². The minimum Gasteiger partial charge on any atom is -0.349 e. The molecule has 2 N–H and O–H groups in total. The van der Waals surface area contributed by atoms with Crippen molar-refractivity contribution in [3.05, 3.63) is 52.7 Å². The Hall–Kier alpha value is -2.23. The highest BCUT2D eigenvalue weighted by molar-refractivity contribution is 7.89. The molecule has 32 heavy (non-hydrogen) atoms. The first-order valence-electron chi connectivity index (χ1n) is 10.8. The smallest absolute Gasteiger partial charge is 0.243 e. The Morgan fingerprint density at radius 1 is 1.09 bits per heavy atom. The van der Waals surface area contributed by atoms with Crippen molar-refractivity contribution >= 4 is 33.2 Å². The number of hydrogen-bond donors (Lipinski definition) is 2. The third-order valence-corrected chi connectivity index (χ3v) is 7.56. The second-order valence-electron chi connectivity index (χ2n) is 8.27. The quantitative estimate of drug-likeness (QED) is 0.487. The summed E-state index contributed by atoms with van der Waals surface area (Å²) in [7, 11) is -3.84. The van der Waals surface area contributed by atoms with Gasteiger partial charge in [-0.25, -0.2) is 13.1 Å². The van der Waals surface area contributed by atoms with Gasteiger partial charge in [-0.2, -0.15) is 0 Å². The summed E-state index contributed by atoms with van der Waals surface area (Å²) in [6, 6.07) is 11.0. The maximum Gasteiger partial charge on any atom is 0.243 e. The molecule has 0 aliphatic rings. The molecule has 176 valence electrons. The topological polar surface area (TPSA) is 95.6 Å². The number of nitrogens with one attached hydrogen (secondary N) is 2. The van der Waals surface area contributed by atoms with Gasteiger partial charge < -0.3 is 10.2 Å². The van der Waals surface area contributed by atoms with E-state index in [4.69, 9.17) is 0 Å². The Morgan fingerprint density at radius 3 is 2.34 bits per heavy atom. The first-order chi connectivity index (χ1) is 15.1. The van der Waals surface area contributed by atoms with Crippen molar-refractivity contribution in [3.8, 4) is 0 Å². The number of carbonyl (C=O) groups excluding carboxylic acids is 2. The Bertz CT molecular complexity index is 974. The van der Waals surface area contributed by atoms with E-state index in [1.807, 2.05) is 45.2 Å². The lowest BCUT2D eigenvalue weighted by Crippen LogP contribution is -2.55. The summed E-state index contributed by atoms with van der Waals surface area (Å²) in [5.74, 6) is -0.671. The van der Waals surface area contributed by atoms with Gasteiger partial charge in [-0.15, -0.1) is 11.3 Å². The number of rotatable bonds is 12. The lowest BCUT2D eigenvalue weighted by atomic mass is 10.00. The van der Waals surface area contributed by atoms with E-state index in [2.05, 4.69) is 10.0 Å². The van der Waals surface area contributed by atoms with E-state index in [1.54, 1.807) is 18.2 Å². The van der Waals surface area contributed by atoms with Crippen LogP contribution in [0.4, 0.5) is 0 Å². The first-order valence-corrected chi connectivity index (χ1v) is 13.1. The number of carbonyl (C=O) groups is 2. The van der Waals surface area contributed by atoms with Crippen molar-refractivity contribution < 1.29 is 18.0 Å². The summed E-state index contributed by atoms with van der Waals surface area (Å²) in [5, 5.41) is 4.94. The standard InChI is InChI=1S/C23H33N3O4S2/c1-5-11-20(22(28)25-23(3,4)6-2)26(17-18-12-10-15-31-18)21(27)16-24-32(29,30)19-13-8-7-9-14-19/h7-10,12-15,20,24H,5-6,11,16-17H2,1-4H3,(H,25,28)/t20-/m0/s1. The van der Waals surface area contributed by atoms with E-state index < -0.39 is 34.1 Å². The number of hydrogen-bond acceptors (Lipinski definition) is 5. The predicted octanol–water partition coefficient (Wildman–Crippen LogP) is 3.53. The van der Waals surface area contributed by atoms with Crippen LogP contribution in [0.5, 0.6) is 0 Å². The zero-order chi connectivity index (χ0) is 23.8. The number of amides is 2. The average molecular weight is 480 g/mol. The van der Waals surface area contributed by atoms with Crippen molar-refractivity contribution in [1.29, 1.82) is 0 Å². The van der Waals surface area contributed by atoms with Gasteiger partial charge in [0.25, 0.3) is 0 Å². The maximum absolute atomic E-state index is 13.2. The molecule has 2 rings (SSSR count). The molecule has 0 aliphatic heterocycles. The van der Waals surface area contributed by atoms with Crippen molar-refractivity contribution in [1.82, 2.24) is 14.9 Å². The van der Waals surface area contributed by atoms with Crippen LogP contribution < -0.4 is 10.0 Å². The third kappa shape index (κ3) is 7.43. The molecule has 1 aromatic carbocycles. The Kier molecular flexibility index (Phi) is 9.42. The van der Waals surface area contributed by atoms with E-state index in [1.165, 1.54) is 28.4 Å². The van der Waals surface area contributed by atoms with E-state index >= 15 is 0 Å². The Morgan fingerprint density at radius 2 is 1.78 bits per heavy atom. The number of sulfonamides is 1. The fourth-order valence-electron chi connectivity index (χ4n) is 3.09. The van der Waals surface area contributed by atoms with Crippen LogP contribution in [-0.2, 0) is 26.2 Å². The maximum atomic E-state index is 13.2. The summed E-state index contributed by atoms with van der Waals surface area (Å²) in [4.78, 5) is 28.9. The monoisotopic (exact) mass is 479 g/mol. The van der Waals surface area contributed by atoms with E-state index in [-0.39, 0.29) is 17.3 Å². The molecule has 9 heteroatoms. The third-order valence-electron chi connectivity index (χ3n) is 5.28. The van der Waals surface area contributed by atoms with Gasteiger partial charge in [0, 0.05) is 10.4 Å². The van der Waals surface area contributed by atoms with E-state index in [0.717, 1.165) is 11.3 Å². The summed E-state index contributed by atoms with van der Waals surface area (Å²) >= 11 is 1.49. The molecule has 0 saturated heterocycles. The fourth-order valence-corrected chi connectivity index (χ4v) is 4.79. The van der Waals surface area contributed by atoms with Crippen molar-refractivity contribution in [2.24, 2.45) is 0 Å². The van der Waals surface area contributed by atoms with Crippen LogP contribution in [0.3, 0.4) is 0 Å². The molecule has 7 nitrogen and oxygen atoms in total. The molecule has 0 spiro atoms. The van der Waals surface area contributed by atoms with Gasteiger partial charge >= 0.3 is 0 Å². The highest BCUT2D eigenvalue weighted by Gasteiger charge is 2.32. The van der Waals surface area contributed by atoms with Crippen LogP contribution in [0, 0.1) is 0 Å². The van der Waals surface area contributed by atoms with Crippen LogP contribution in [0.15, 0.2) is 52.7 Å². The Balaban J connectivity index is 2.25. The van der Waals surface area contributed by atoms with Gasteiger partial charge in [-0.3, -0.25) is 9.59 Å². The average Bonchev–Trinajstić information content (AvgIpc) is 3.28. The molecule has 2 amide bonds. The number of thiophene rings is 1. The second kappa shape index (κ2) is 11.6. The lowest BCUT2D eigenvalue weighted by Gasteiger charge is -2.34. The highest BCUT2D eigenvalue weighted by atomic mass is 32.2. The molecule has 0 unspecified atom stereocenters. The summed E-state index contributed by atoms with van der Waals surface area (Å²) in [6.45, 7) is 7.64. The number of benzene rings is 1. The van der Waals surface area contributed by atoms with Gasteiger partial charge in [0.15, 0.2) is 0 Å². The predicted molar refractivity (Wildman–Crippen MR) is 128 cm³/mol. The Labute approximate surface area is 195 Å². The molecule has 1 heterocycles. The molecule has 0 saturated carbocycles. The van der Waals surface area contributed by atoms with Crippen LogP contribution >= 0.6 is 11.3 Å². The zero-order valence-electron chi connectivity index (χ0n) is 19.1. The van der Waals surface area contributed by atoms with Gasteiger partial charge in [0.05, 0.1) is 18.0 Å². The van der Waals surface area contributed by atoms with Gasteiger partial charge in [0.1, 0.15) is 6.04 Å². The van der Waals surface area contributed by atoms with Crippen molar-refractivity contribution in [2.75, 3.05) is 6.54 Å². The molecule has 1 aromatic heterocycles. The van der Waals surface area contributed by atoms with E-state index in [9.17, 15) is 18.0 Å². The lowest BCUT2D eigenvalue weighted by molar-refractivity contribution is -0.141. The molecule has 2 aromatic rings. The highest BCUT2D eigenvalue weighted by Crippen LogP contribution is 2.19. The van der Waals surface area contributed by atoms with Crippen LogP contribution in [-0.4, -0.2) is 43.3 Å². The zero-order valence-corrected chi connectivity index (χ0v) is 20.8. The molecule has 0 bridgehead atoms. The number of nitrogens with zero attached hydrogens (tertiary/aromatic N) is 1. The summed E-state index contributed by atoms with van der Waals surface area (Å²) in [6.07, 6.45) is 1.93. The van der Waals surface area contributed by atoms with Crippen LogP contribution in [0.2, 0.25) is 0 Å². The second-order valence-corrected chi connectivity index (χ2v) is 11.1. The molecule has 0 fully saturated rings. The van der Waals surface area contributed by atoms with Gasteiger partial charge in [0.2, 0.25) is 21.8 Å². The molecule has 0 aliphatic carbocycles. The minimum atomic E-state index is -3.84. The SMILES string of the molecule is CCC[C@@H](C(=O)NC(C)(C)CC)N(Cc1cccs1)C(=O)CNS(=O)(=O)c1ccccc1. The molecule has 1 atom stereocenters. The van der Waals surface area contributed by atoms with Crippen LogP contribution in [0.25, 0.3) is 0 Å². The summed E-state index contributed by atoms with van der Waals surface area (Å²) in [5.41, 5.74) is -0.407. The molecular formula is C23H33N3O4S2. The van der Waals surface area contributed by atoms with Gasteiger partial charge in [-0.05, 0) is 50.3 Å². The minimum absolute atomic E-state index is 0.0881. The molecule has 0 radical (unpaired) electrons. The van der Waals surface area contributed by atoms with Crippen molar-refractivity contribution in [3.63, 3.8) is 0 Å².